The second-order valence-corrected chi connectivity index (χ2v) is 5.69. The van der Waals surface area contributed by atoms with Crippen LogP contribution in [0.5, 0.6) is 0 Å². The number of benzene rings is 1. The minimum Gasteiger partial charge on any atom is -0.335 e. The first-order chi connectivity index (χ1) is 10.3. The van der Waals surface area contributed by atoms with Crippen LogP contribution in [-0.4, -0.2) is 21.8 Å². The van der Waals surface area contributed by atoms with E-state index in [0.29, 0.717) is 12.6 Å². The van der Waals surface area contributed by atoms with Gasteiger partial charge in [-0.3, -0.25) is 9.78 Å². The predicted molar refractivity (Wildman–Crippen MR) is 82.7 cm³/mol. The van der Waals surface area contributed by atoms with E-state index in [1.54, 1.807) is 12.4 Å². The summed E-state index contributed by atoms with van der Waals surface area (Å²) in [6.45, 7) is 2.68. The number of hydrogen-bond acceptors (Lipinski definition) is 2. The Morgan fingerprint density at radius 1 is 1.19 bits per heavy atom. The zero-order valence-electron chi connectivity index (χ0n) is 12.3. The Morgan fingerprint density at radius 2 is 1.86 bits per heavy atom. The number of carbonyl (C=O) groups excluding carboxylic acids is 1. The Balaban J connectivity index is 1.76. The Hall–Kier alpha value is -2.16. The predicted octanol–water partition coefficient (Wildman–Crippen LogP) is 3.38. The van der Waals surface area contributed by atoms with Crippen molar-refractivity contribution < 1.29 is 4.79 Å². The summed E-state index contributed by atoms with van der Waals surface area (Å²) in [5.74, 6) is 0.133. The number of carbonyl (C=O) groups is 1. The molecule has 0 radical (unpaired) electrons. The Morgan fingerprint density at radius 3 is 2.48 bits per heavy atom. The molecule has 0 bridgehead atoms. The van der Waals surface area contributed by atoms with Crippen LogP contribution in [0.3, 0.4) is 0 Å². The topological polar surface area (TPSA) is 33.2 Å². The van der Waals surface area contributed by atoms with Crippen LogP contribution in [0, 0.1) is 0 Å². The molecule has 0 spiro atoms. The van der Waals surface area contributed by atoms with Gasteiger partial charge >= 0.3 is 0 Å². The van der Waals surface area contributed by atoms with Gasteiger partial charge in [-0.2, -0.15) is 0 Å². The van der Waals surface area contributed by atoms with Gasteiger partial charge in [-0.25, -0.2) is 0 Å². The normalized spacial score (nSPS) is 15.5. The minimum absolute atomic E-state index is 0.0892. The summed E-state index contributed by atoms with van der Waals surface area (Å²) < 4.78 is 0. The maximum atomic E-state index is 12.8. The molecule has 3 nitrogen and oxygen atoms in total. The van der Waals surface area contributed by atoms with Crippen molar-refractivity contribution in [2.45, 2.75) is 38.3 Å². The Labute approximate surface area is 125 Å². The summed E-state index contributed by atoms with van der Waals surface area (Å²) in [7, 11) is 0. The van der Waals surface area contributed by atoms with Crippen LogP contribution in [0.15, 0.2) is 54.9 Å². The van der Waals surface area contributed by atoms with E-state index < -0.39 is 0 Å². The highest BCUT2D eigenvalue weighted by atomic mass is 16.2. The van der Waals surface area contributed by atoms with Gasteiger partial charge in [-0.05, 0) is 43.0 Å². The number of aromatic nitrogens is 1. The van der Waals surface area contributed by atoms with Gasteiger partial charge < -0.3 is 4.90 Å². The number of pyridine rings is 1. The van der Waals surface area contributed by atoms with Crippen molar-refractivity contribution >= 4 is 5.91 Å². The lowest BCUT2D eigenvalue weighted by Crippen LogP contribution is -2.35. The molecule has 108 valence electrons. The number of amides is 1. The van der Waals surface area contributed by atoms with Gasteiger partial charge in [0.15, 0.2) is 0 Å². The van der Waals surface area contributed by atoms with E-state index in [-0.39, 0.29) is 11.8 Å². The molecule has 1 heterocycles. The van der Waals surface area contributed by atoms with E-state index >= 15 is 0 Å². The highest BCUT2D eigenvalue weighted by Crippen LogP contribution is 2.31. The number of hydrogen-bond donors (Lipinski definition) is 0. The van der Waals surface area contributed by atoms with Crippen molar-refractivity contribution in [2.75, 3.05) is 0 Å². The van der Waals surface area contributed by atoms with Crippen molar-refractivity contribution in [3.05, 3.63) is 66.0 Å². The van der Waals surface area contributed by atoms with Gasteiger partial charge in [0.1, 0.15) is 0 Å². The van der Waals surface area contributed by atoms with E-state index in [1.165, 1.54) is 0 Å². The molecule has 1 aliphatic rings. The Kier molecular flexibility index (Phi) is 4.00. The van der Waals surface area contributed by atoms with Gasteiger partial charge in [-0.15, -0.1) is 0 Å². The lowest BCUT2D eigenvalue weighted by molar-refractivity contribution is -0.133. The molecule has 21 heavy (non-hydrogen) atoms. The molecular formula is C18H20N2O. The number of nitrogens with zero attached hydrogens (tertiary/aromatic N) is 2. The van der Waals surface area contributed by atoms with E-state index in [9.17, 15) is 4.79 Å². The molecule has 0 aliphatic heterocycles. The first-order valence-corrected chi connectivity index (χ1v) is 7.50. The Bertz CT molecular complexity index is 593. The SMILES string of the molecule is C[C@H](C(=O)N(Cc1ccncc1)C1CC1)c1ccccc1. The van der Waals surface area contributed by atoms with Gasteiger partial charge in [0, 0.05) is 25.0 Å². The van der Waals surface area contributed by atoms with Crippen LogP contribution in [-0.2, 0) is 11.3 Å². The zero-order valence-corrected chi connectivity index (χ0v) is 12.3. The maximum Gasteiger partial charge on any atom is 0.230 e. The van der Waals surface area contributed by atoms with E-state index in [1.807, 2.05) is 54.3 Å². The van der Waals surface area contributed by atoms with Crippen molar-refractivity contribution in [3.63, 3.8) is 0 Å². The second-order valence-electron chi connectivity index (χ2n) is 5.69. The molecule has 3 rings (SSSR count). The van der Waals surface area contributed by atoms with Crippen LogP contribution < -0.4 is 0 Å². The van der Waals surface area contributed by atoms with Crippen LogP contribution in [0.2, 0.25) is 0 Å². The summed E-state index contributed by atoms with van der Waals surface area (Å²) in [6, 6.07) is 14.4. The molecule has 0 saturated heterocycles. The van der Waals surface area contributed by atoms with E-state index in [4.69, 9.17) is 0 Å². The first-order valence-electron chi connectivity index (χ1n) is 7.50. The van der Waals surface area contributed by atoms with Crippen molar-refractivity contribution in [1.29, 1.82) is 0 Å². The van der Waals surface area contributed by atoms with Crippen LogP contribution in [0.1, 0.15) is 36.8 Å². The molecular weight excluding hydrogens is 260 g/mol. The average molecular weight is 280 g/mol. The summed E-state index contributed by atoms with van der Waals surface area (Å²) in [5.41, 5.74) is 2.23. The average Bonchev–Trinajstić information content (AvgIpc) is 3.38. The van der Waals surface area contributed by atoms with Gasteiger partial charge in [0.25, 0.3) is 0 Å². The van der Waals surface area contributed by atoms with Crippen molar-refractivity contribution in [1.82, 2.24) is 9.88 Å². The molecule has 1 saturated carbocycles. The number of rotatable bonds is 5. The molecule has 0 N–H and O–H groups in total. The fourth-order valence-electron chi connectivity index (χ4n) is 2.59. The third-order valence-corrected chi connectivity index (χ3v) is 4.04. The summed E-state index contributed by atoms with van der Waals surface area (Å²) in [6.07, 6.45) is 5.81. The van der Waals surface area contributed by atoms with Crippen LogP contribution in [0.25, 0.3) is 0 Å². The molecule has 0 unspecified atom stereocenters. The van der Waals surface area contributed by atoms with Gasteiger partial charge in [0.05, 0.1) is 5.92 Å². The van der Waals surface area contributed by atoms with Crippen molar-refractivity contribution in [2.24, 2.45) is 0 Å². The summed E-state index contributed by atoms with van der Waals surface area (Å²) in [4.78, 5) is 18.9. The van der Waals surface area contributed by atoms with E-state index in [0.717, 1.165) is 24.0 Å². The molecule has 1 aromatic heterocycles. The third kappa shape index (κ3) is 3.30. The highest BCUT2D eigenvalue weighted by molar-refractivity contribution is 5.83. The molecule has 1 aromatic carbocycles. The monoisotopic (exact) mass is 280 g/mol. The highest BCUT2D eigenvalue weighted by Gasteiger charge is 2.34. The second kappa shape index (κ2) is 6.08. The molecule has 1 atom stereocenters. The molecule has 1 fully saturated rings. The lowest BCUT2D eigenvalue weighted by atomic mass is 9.99. The lowest BCUT2D eigenvalue weighted by Gasteiger charge is -2.26. The first kappa shape index (κ1) is 13.8. The summed E-state index contributed by atoms with van der Waals surface area (Å²) in [5, 5.41) is 0. The van der Waals surface area contributed by atoms with Crippen LogP contribution in [0.4, 0.5) is 0 Å². The smallest absolute Gasteiger partial charge is 0.230 e. The quantitative estimate of drug-likeness (QED) is 0.841. The minimum atomic E-state index is -0.0892. The van der Waals surface area contributed by atoms with Crippen molar-refractivity contribution in [3.8, 4) is 0 Å². The standard InChI is InChI=1S/C18H20N2O/c1-14(16-5-3-2-4-6-16)18(21)20(17-7-8-17)13-15-9-11-19-12-10-15/h2-6,9-12,14,17H,7-8,13H2,1H3/t14-/m0/s1. The largest absolute Gasteiger partial charge is 0.335 e. The van der Waals surface area contributed by atoms with Gasteiger partial charge in [-0.1, -0.05) is 30.3 Å². The fourth-order valence-corrected chi connectivity index (χ4v) is 2.59. The molecule has 3 heteroatoms. The summed E-state index contributed by atoms with van der Waals surface area (Å²) >= 11 is 0. The van der Waals surface area contributed by atoms with Gasteiger partial charge in [0.2, 0.25) is 5.91 Å². The zero-order chi connectivity index (χ0) is 14.7. The molecule has 1 aliphatic carbocycles. The molecule has 2 aromatic rings. The third-order valence-electron chi connectivity index (χ3n) is 4.04. The maximum absolute atomic E-state index is 12.8. The molecule has 1 amide bonds. The fraction of sp³-hybridized carbons (Fsp3) is 0.333. The van der Waals surface area contributed by atoms with Crippen LogP contribution >= 0.6 is 0 Å². The van der Waals surface area contributed by atoms with E-state index in [2.05, 4.69) is 4.98 Å².